The Morgan fingerprint density at radius 2 is 1.85 bits per heavy atom. The molecule has 1 rings (SSSR count). The molecule has 0 spiro atoms. The van der Waals surface area contributed by atoms with E-state index in [0.717, 1.165) is 12.0 Å². The minimum Gasteiger partial charge on any atom is -0.391 e. The molecular weight excluding hydrogens is 162 g/mol. The number of benzene rings is 1. The fourth-order valence-corrected chi connectivity index (χ4v) is 1.25. The van der Waals surface area contributed by atoms with Gasteiger partial charge in [-0.3, -0.25) is 0 Å². The Morgan fingerprint density at radius 3 is 2.23 bits per heavy atom. The van der Waals surface area contributed by atoms with Crippen molar-refractivity contribution in [1.29, 1.82) is 0 Å². The second-order valence-electron chi connectivity index (χ2n) is 3.36. The summed E-state index contributed by atoms with van der Waals surface area (Å²) in [6.45, 7) is 3.82. The van der Waals surface area contributed by atoms with E-state index in [-0.39, 0.29) is 6.04 Å². The summed E-state index contributed by atoms with van der Waals surface area (Å²) in [5.74, 6) is 0. The van der Waals surface area contributed by atoms with Gasteiger partial charge in [-0.05, 0) is 24.5 Å². The lowest BCUT2D eigenvalue weighted by Crippen LogP contribution is -2.22. The van der Waals surface area contributed by atoms with Gasteiger partial charge in [-0.15, -0.1) is 0 Å². The second-order valence-corrected chi connectivity index (χ2v) is 3.36. The summed E-state index contributed by atoms with van der Waals surface area (Å²) in [6, 6.07) is 7.80. The molecule has 2 unspecified atom stereocenters. The van der Waals surface area contributed by atoms with Gasteiger partial charge in [0.05, 0.1) is 12.1 Å². The molecular formula is C11H17NO. The van der Waals surface area contributed by atoms with Crippen molar-refractivity contribution in [3.63, 3.8) is 0 Å². The first-order valence-electron chi connectivity index (χ1n) is 4.67. The Labute approximate surface area is 79.4 Å². The van der Waals surface area contributed by atoms with Crippen LogP contribution in [0.15, 0.2) is 24.3 Å². The zero-order valence-electron chi connectivity index (χ0n) is 8.20. The molecule has 0 heterocycles. The van der Waals surface area contributed by atoms with Crippen LogP contribution < -0.4 is 5.73 Å². The first-order valence-corrected chi connectivity index (χ1v) is 4.67. The highest BCUT2D eigenvalue weighted by Crippen LogP contribution is 2.14. The molecule has 2 heteroatoms. The van der Waals surface area contributed by atoms with E-state index in [1.165, 1.54) is 5.56 Å². The zero-order chi connectivity index (χ0) is 9.84. The number of hydrogen-bond donors (Lipinski definition) is 2. The summed E-state index contributed by atoms with van der Waals surface area (Å²) in [7, 11) is 0. The van der Waals surface area contributed by atoms with Crippen LogP contribution in [0.25, 0.3) is 0 Å². The lowest BCUT2D eigenvalue weighted by Gasteiger charge is -2.15. The van der Waals surface area contributed by atoms with Crippen molar-refractivity contribution in [3.8, 4) is 0 Å². The van der Waals surface area contributed by atoms with Crippen LogP contribution in [0.4, 0.5) is 0 Å². The fraction of sp³-hybridized carbons (Fsp3) is 0.455. The highest BCUT2D eigenvalue weighted by atomic mass is 16.3. The third-order valence-corrected chi connectivity index (χ3v) is 2.29. The fourth-order valence-electron chi connectivity index (χ4n) is 1.25. The van der Waals surface area contributed by atoms with E-state index in [1.807, 2.05) is 12.1 Å². The van der Waals surface area contributed by atoms with Crippen LogP contribution in [0.5, 0.6) is 0 Å². The van der Waals surface area contributed by atoms with E-state index in [1.54, 1.807) is 6.92 Å². The smallest absolute Gasteiger partial charge is 0.0704 e. The number of aryl methyl sites for hydroxylation is 1. The average molecular weight is 179 g/mol. The number of rotatable bonds is 3. The predicted octanol–water partition coefficient (Wildman–Crippen LogP) is 1.63. The molecule has 0 radical (unpaired) electrons. The first kappa shape index (κ1) is 10.2. The van der Waals surface area contributed by atoms with Gasteiger partial charge in [0.15, 0.2) is 0 Å². The molecule has 0 fully saturated rings. The Morgan fingerprint density at radius 1 is 1.31 bits per heavy atom. The molecule has 0 saturated heterocycles. The zero-order valence-corrected chi connectivity index (χ0v) is 8.20. The van der Waals surface area contributed by atoms with E-state index >= 15 is 0 Å². The van der Waals surface area contributed by atoms with Gasteiger partial charge in [0, 0.05) is 0 Å². The number of aliphatic hydroxyl groups is 1. The van der Waals surface area contributed by atoms with Crippen molar-refractivity contribution in [2.75, 3.05) is 0 Å². The highest BCUT2D eigenvalue weighted by molar-refractivity contribution is 5.25. The lowest BCUT2D eigenvalue weighted by atomic mass is 10.0. The van der Waals surface area contributed by atoms with Crippen molar-refractivity contribution >= 4 is 0 Å². The van der Waals surface area contributed by atoms with Crippen molar-refractivity contribution in [1.82, 2.24) is 0 Å². The second kappa shape index (κ2) is 4.40. The van der Waals surface area contributed by atoms with Gasteiger partial charge in [0.25, 0.3) is 0 Å². The largest absolute Gasteiger partial charge is 0.391 e. The van der Waals surface area contributed by atoms with Crippen LogP contribution in [-0.2, 0) is 6.42 Å². The summed E-state index contributed by atoms with van der Waals surface area (Å²) < 4.78 is 0. The predicted molar refractivity (Wildman–Crippen MR) is 54.4 cm³/mol. The summed E-state index contributed by atoms with van der Waals surface area (Å²) in [6.07, 6.45) is 0.539. The van der Waals surface area contributed by atoms with Gasteiger partial charge in [-0.25, -0.2) is 0 Å². The average Bonchev–Trinajstić information content (AvgIpc) is 2.17. The van der Waals surface area contributed by atoms with Crippen LogP contribution in [0, 0.1) is 0 Å². The highest BCUT2D eigenvalue weighted by Gasteiger charge is 2.10. The number of nitrogens with two attached hydrogens (primary N) is 1. The van der Waals surface area contributed by atoms with Gasteiger partial charge in [-0.2, -0.15) is 0 Å². The third-order valence-electron chi connectivity index (χ3n) is 2.29. The van der Waals surface area contributed by atoms with Crippen molar-refractivity contribution in [2.45, 2.75) is 32.4 Å². The van der Waals surface area contributed by atoms with Crippen LogP contribution >= 0.6 is 0 Å². The molecule has 1 aromatic rings. The van der Waals surface area contributed by atoms with Crippen molar-refractivity contribution < 1.29 is 5.11 Å². The maximum atomic E-state index is 9.28. The monoisotopic (exact) mass is 179 g/mol. The molecule has 1 aromatic carbocycles. The summed E-state index contributed by atoms with van der Waals surface area (Å²) in [5, 5.41) is 9.28. The minimum absolute atomic E-state index is 0.272. The van der Waals surface area contributed by atoms with Gasteiger partial charge in [-0.1, -0.05) is 31.2 Å². The SMILES string of the molecule is CCc1ccc(C(N)C(C)O)cc1. The Bertz CT molecular complexity index is 253. The van der Waals surface area contributed by atoms with Gasteiger partial charge in [0.2, 0.25) is 0 Å². The van der Waals surface area contributed by atoms with E-state index in [4.69, 9.17) is 5.73 Å². The van der Waals surface area contributed by atoms with Crippen molar-refractivity contribution in [3.05, 3.63) is 35.4 Å². The van der Waals surface area contributed by atoms with E-state index in [9.17, 15) is 5.11 Å². The van der Waals surface area contributed by atoms with Crippen molar-refractivity contribution in [2.24, 2.45) is 5.73 Å². The maximum absolute atomic E-state index is 9.28. The summed E-state index contributed by atoms with van der Waals surface area (Å²) in [5.41, 5.74) is 8.07. The molecule has 0 aliphatic carbocycles. The summed E-state index contributed by atoms with van der Waals surface area (Å²) >= 11 is 0. The topological polar surface area (TPSA) is 46.2 Å². The molecule has 2 nitrogen and oxygen atoms in total. The van der Waals surface area contributed by atoms with Crippen LogP contribution in [0.3, 0.4) is 0 Å². The summed E-state index contributed by atoms with van der Waals surface area (Å²) in [4.78, 5) is 0. The van der Waals surface area contributed by atoms with Gasteiger partial charge in [0.1, 0.15) is 0 Å². The molecule has 0 aliphatic rings. The number of aliphatic hydroxyl groups excluding tert-OH is 1. The standard InChI is InChI=1S/C11H17NO/c1-3-9-4-6-10(7-5-9)11(12)8(2)13/h4-8,11,13H,3,12H2,1-2H3. The molecule has 0 saturated carbocycles. The molecule has 13 heavy (non-hydrogen) atoms. The van der Waals surface area contributed by atoms with Crippen LogP contribution in [0.2, 0.25) is 0 Å². The molecule has 0 amide bonds. The molecule has 2 atom stereocenters. The molecule has 3 N–H and O–H groups in total. The van der Waals surface area contributed by atoms with Gasteiger partial charge < -0.3 is 10.8 Å². The molecule has 0 bridgehead atoms. The normalized spacial score (nSPS) is 15.4. The van der Waals surface area contributed by atoms with Crippen LogP contribution in [-0.4, -0.2) is 11.2 Å². The molecule has 0 aliphatic heterocycles. The maximum Gasteiger partial charge on any atom is 0.0704 e. The minimum atomic E-state index is -0.493. The van der Waals surface area contributed by atoms with E-state index in [2.05, 4.69) is 19.1 Å². The number of hydrogen-bond acceptors (Lipinski definition) is 2. The Balaban J connectivity index is 2.79. The van der Waals surface area contributed by atoms with Crippen LogP contribution in [0.1, 0.15) is 31.0 Å². The molecule has 0 aromatic heterocycles. The molecule has 72 valence electrons. The van der Waals surface area contributed by atoms with E-state index < -0.39 is 6.10 Å². The third kappa shape index (κ3) is 2.54. The first-order chi connectivity index (χ1) is 6.15. The Hall–Kier alpha value is -0.860. The quantitative estimate of drug-likeness (QED) is 0.740. The lowest BCUT2D eigenvalue weighted by molar-refractivity contribution is 0.164. The van der Waals surface area contributed by atoms with E-state index in [0.29, 0.717) is 0 Å². The Kier molecular flexibility index (Phi) is 3.46. The van der Waals surface area contributed by atoms with Gasteiger partial charge >= 0.3 is 0 Å².